The number of benzene rings is 2. The average Bonchev–Trinajstić information content (AvgIpc) is 2.61. The molecule has 0 aliphatic rings. The van der Waals surface area contributed by atoms with Crippen molar-refractivity contribution < 1.29 is 19.4 Å². The first kappa shape index (κ1) is 18.0. The highest BCUT2D eigenvalue weighted by Gasteiger charge is 2.12. The van der Waals surface area contributed by atoms with Gasteiger partial charge in [-0.1, -0.05) is 19.1 Å². The summed E-state index contributed by atoms with van der Waals surface area (Å²) in [5.41, 5.74) is 3.18. The number of hydrazone groups is 1. The summed E-state index contributed by atoms with van der Waals surface area (Å²) >= 11 is 0. The van der Waals surface area contributed by atoms with Crippen LogP contribution in [0.25, 0.3) is 0 Å². The van der Waals surface area contributed by atoms with Crippen molar-refractivity contribution in [2.24, 2.45) is 5.10 Å². The van der Waals surface area contributed by atoms with Crippen molar-refractivity contribution in [3.8, 4) is 11.5 Å². The first-order valence-electron chi connectivity index (χ1n) is 7.74. The van der Waals surface area contributed by atoms with Gasteiger partial charge in [0.1, 0.15) is 11.5 Å². The van der Waals surface area contributed by atoms with Crippen LogP contribution in [0.1, 0.15) is 18.9 Å². The smallest absolute Gasteiger partial charge is 0.329 e. The molecule has 7 heteroatoms. The van der Waals surface area contributed by atoms with E-state index in [1.54, 1.807) is 36.4 Å². The van der Waals surface area contributed by atoms with E-state index in [9.17, 15) is 14.7 Å². The first-order chi connectivity index (χ1) is 12.1. The third kappa shape index (κ3) is 5.98. The fourth-order valence-corrected chi connectivity index (χ4v) is 1.86. The van der Waals surface area contributed by atoms with Gasteiger partial charge in [-0.3, -0.25) is 9.59 Å². The summed E-state index contributed by atoms with van der Waals surface area (Å²) < 4.78 is 5.44. The van der Waals surface area contributed by atoms with Crippen molar-refractivity contribution in [2.45, 2.75) is 13.3 Å². The van der Waals surface area contributed by atoms with Crippen molar-refractivity contribution in [3.63, 3.8) is 0 Å². The molecule has 0 aliphatic carbocycles. The molecule has 130 valence electrons. The number of anilines is 1. The lowest BCUT2D eigenvalue weighted by Gasteiger charge is -2.07. The molecule has 0 unspecified atom stereocenters. The monoisotopic (exact) mass is 341 g/mol. The summed E-state index contributed by atoms with van der Waals surface area (Å²) in [4.78, 5) is 23.5. The van der Waals surface area contributed by atoms with Crippen molar-refractivity contribution in [1.82, 2.24) is 5.43 Å². The van der Waals surface area contributed by atoms with Crippen molar-refractivity contribution in [1.29, 1.82) is 0 Å². The van der Waals surface area contributed by atoms with Crippen LogP contribution in [0.15, 0.2) is 53.6 Å². The quantitative estimate of drug-likeness (QED) is 0.426. The highest BCUT2D eigenvalue weighted by atomic mass is 16.5. The predicted molar refractivity (Wildman–Crippen MR) is 94.7 cm³/mol. The number of phenols is 1. The molecule has 3 N–H and O–H groups in total. The van der Waals surface area contributed by atoms with E-state index in [4.69, 9.17) is 4.74 Å². The Hall–Kier alpha value is -3.35. The second kappa shape index (κ2) is 9.07. The van der Waals surface area contributed by atoms with E-state index >= 15 is 0 Å². The number of amides is 2. The zero-order valence-corrected chi connectivity index (χ0v) is 13.7. The van der Waals surface area contributed by atoms with Crippen LogP contribution in [0.2, 0.25) is 0 Å². The largest absolute Gasteiger partial charge is 0.508 e. The van der Waals surface area contributed by atoms with E-state index in [1.165, 1.54) is 18.3 Å². The second-order valence-corrected chi connectivity index (χ2v) is 5.12. The van der Waals surface area contributed by atoms with Gasteiger partial charge in [-0.25, -0.2) is 5.43 Å². The molecule has 0 spiro atoms. The van der Waals surface area contributed by atoms with Crippen LogP contribution in [0.5, 0.6) is 11.5 Å². The molecular formula is C18H19N3O4. The minimum Gasteiger partial charge on any atom is -0.508 e. The Labute approximate surface area is 145 Å². The summed E-state index contributed by atoms with van der Waals surface area (Å²) in [6.45, 7) is 2.63. The number of carbonyl (C=O) groups excluding carboxylic acids is 2. The normalized spacial score (nSPS) is 10.4. The lowest BCUT2D eigenvalue weighted by atomic mass is 10.2. The topological polar surface area (TPSA) is 100 Å². The molecule has 2 aromatic rings. The number of carbonyl (C=O) groups is 2. The standard InChI is InChI=1S/C18H19N3O4/c1-2-10-25-16-8-6-14(7-9-16)20-17(23)18(24)21-19-12-13-4-3-5-15(22)11-13/h3-9,11-12,22H,2,10H2,1H3,(H,20,23)(H,21,24)/b19-12-. The molecule has 0 heterocycles. The number of nitrogens with zero attached hydrogens (tertiary/aromatic N) is 1. The molecule has 0 radical (unpaired) electrons. The number of phenolic OH excluding ortho intramolecular Hbond substituents is 1. The molecule has 0 bridgehead atoms. The number of hydrogen-bond donors (Lipinski definition) is 3. The van der Waals surface area contributed by atoms with Crippen LogP contribution < -0.4 is 15.5 Å². The Kier molecular flexibility index (Phi) is 6.53. The Morgan fingerprint density at radius 2 is 1.92 bits per heavy atom. The van der Waals surface area contributed by atoms with Gasteiger partial charge in [-0.2, -0.15) is 5.10 Å². The number of rotatable bonds is 6. The van der Waals surface area contributed by atoms with Gasteiger partial charge in [0.2, 0.25) is 0 Å². The van der Waals surface area contributed by atoms with Gasteiger partial charge in [-0.05, 0) is 48.4 Å². The Morgan fingerprint density at radius 1 is 1.16 bits per heavy atom. The van der Waals surface area contributed by atoms with Crippen LogP contribution in [-0.4, -0.2) is 29.7 Å². The fourth-order valence-electron chi connectivity index (χ4n) is 1.86. The maximum absolute atomic E-state index is 11.8. The van der Waals surface area contributed by atoms with Crippen LogP contribution >= 0.6 is 0 Å². The maximum atomic E-state index is 11.8. The van der Waals surface area contributed by atoms with Crippen molar-refractivity contribution in [2.75, 3.05) is 11.9 Å². The highest BCUT2D eigenvalue weighted by molar-refractivity contribution is 6.39. The molecule has 25 heavy (non-hydrogen) atoms. The van der Waals surface area contributed by atoms with Crippen LogP contribution in [0, 0.1) is 0 Å². The van der Waals surface area contributed by atoms with E-state index < -0.39 is 11.8 Å². The molecular weight excluding hydrogens is 322 g/mol. The average molecular weight is 341 g/mol. The summed E-state index contributed by atoms with van der Waals surface area (Å²) in [7, 11) is 0. The SMILES string of the molecule is CCCOc1ccc(NC(=O)C(=O)N/N=C\c2cccc(O)c2)cc1. The molecule has 0 aromatic heterocycles. The lowest BCUT2D eigenvalue weighted by molar-refractivity contribution is -0.136. The van der Waals surface area contributed by atoms with Gasteiger partial charge in [-0.15, -0.1) is 0 Å². The van der Waals surface area contributed by atoms with Crippen LogP contribution in [0.4, 0.5) is 5.69 Å². The number of aromatic hydroxyl groups is 1. The first-order valence-corrected chi connectivity index (χ1v) is 7.74. The lowest BCUT2D eigenvalue weighted by Crippen LogP contribution is -2.32. The van der Waals surface area contributed by atoms with Gasteiger partial charge in [0.25, 0.3) is 0 Å². The Bertz CT molecular complexity index is 757. The minimum absolute atomic E-state index is 0.0828. The molecule has 2 amide bonds. The van der Waals surface area contributed by atoms with Crippen molar-refractivity contribution >= 4 is 23.7 Å². The molecule has 0 fully saturated rings. The van der Waals surface area contributed by atoms with Crippen molar-refractivity contribution in [3.05, 3.63) is 54.1 Å². The number of ether oxygens (including phenoxy) is 1. The summed E-state index contributed by atoms with van der Waals surface area (Å²) in [5, 5.41) is 15.5. The highest BCUT2D eigenvalue weighted by Crippen LogP contribution is 2.15. The van der Waals surface area contributed by atoms with Gasteiger partial charge in [0, 0.05) is 5.69 Å². The molecule has 0 atom stereocenters. The zero-order chi connectivity index (χ0) is 18.1. The van der Waals surface area contributed by atoms with Crippen LogP contribution in [-0.2, 0) is 9.59 Å². The third-order valence-corrected chi connectivity index (χ3v) is 3.04. The molecule has 0 aliphatic heterocycles. The van der Waals surface area contributed by atoms with E-state index in [1.807, 2.05) is 6.92 Å². The third-order valence-electron chi connectivity index (χ3n) is 3.04. The van der Waals surface area contributed by atoms with Gasteiger partial charge in [0.05, 0.1) is 12.8 Å². The second-order valence-electron chi connectivity index (χ2n) is 5.12. The minimum atomic E-state index is -0.900. The van der Waals surface area contributed by atoms with Crippen LogP contribution in [0.3, 0.4) is 0 Å². The molecule has 0 saturated carbocycles. The number of nitrogens with one attached hydrogen (secondary N) is 2. The number of hydrogen-bond acceptors (Lipinski definition) is 5. The van der Waals surface area contributed by atoms with E-state index in [0.29, 0.717) is 23.6 Å². The zero-order valence-electron chi connectivity index (χ0n) is 13.7. The van der Waals surface area contributed by atoms with Gasteiger partial charge >= 0.3 is 11.8 Å². The fraction of sp³-hybridized carbons (Fsp3) is 0.167. The molecule has 2 aromatic carbocycles. The predicted octanol–water partition coefficient (Wildman–Crippen LogP) is 2.27. The Morgan fingerprint density at radius 3 is 2.60 bits per heavy atom. The Balaban J connectivity index is 1.84. The van der Waals surface area contributed by atoms with Gasteiger partial charge < -0.3 is 15.2 Å². The molecule has 2 rings (SSSR count). The van der Waals surface area contributed by atoms with E-state index in [2.05, 4.69) is 15.8 Å². The molecule has 7 nitrogen and oxygen atoms in total. The molecule has 0 saturated heterocycles. The summed E-state index contributed by atoms with van der Waals surface area (Å²) in [5.74, 6) is -0.961. The summed E-state index contributed by atoms with van der Waals surface area (Å²) in [6.07, 6.45) is 2.23. The van der Waals surface area contributed by atoms with Gasteiger partial charge in [0.15, 0.2) is 0 Å². The van der Waals surface area contributed by atoms with E-state index in [0.717, 1.165) is 6.42 Å². The van der Waals surface area contributed by atoms with E-state index in [-0.39, 0.29) is 5.75 Å². The summed E-state index contributed by atoms with van der Waals surface area (Å²) in [6, 6.07) is 13.0. The maximum Gasteiger partial charge on any atom is 0.329 e.